The van der Waals surface area contributed by atoms with E-state index in [1.165, 1.54) is 0 Å². The third kappa shape index (κ3) is 5.68. The lowest BCUT2D eigenvalue weighted by Gasteiger charge is -2.09. The van der Waals surface area contributed by atoms with Crippen LogP contribution in [0.15, 0.2) is 48.5 Å². The van der Waals surface area contributed by atoms with Gasteiger partial charge in [-0.05, 0) is 35.9 Å². The molecule has 24 heavy (non-hydrogen) atoms. The molecule has 2 rings (SSSR count). The summed E-state index contributed by atoms with van der Waals surface area (Å²) in [5.41, 5.74) is 2.33. The molecule has 0 saturated carbocycles. The summed E-state index contributed by atoms with van der Waals surface area (Å²) in [5, 5.41) is 9.27. The van der Waals surface area contributed by atoms with Crippen molar-refractivity contribution in [3.63, 3.8) is 0 Å². The molecule has 0 fully saturated rings. The van der Waals surface area contributed by atoms with Crippen LogP contribution in [0.2, 0.25) is 5.02 Å². The topological polar surface area (TPSA) is 70.2 Å². The average Bonchev–Trinajstić information content (AvgIpc) is 2.58. The molecule has 0 radical (unpaired) electrons. The van der Waals surface area contributed by atoms with Gasteiger partial charge in [0.15, 0.2) is 0 Å². The average molecular weight is 346 g/mol. The molecule has 0 atom stereocenters. The van der Waals surface area contributed by atoms with Crippen LogP contribution >= 0.6 is 11.6 Å². The third-order valence-corrected chi connectivity index (χ3v) is 3.70. The van der Waals surface area contributed by atoms with E-state index in [1.54, 1.807) is 31.2 Å². The minimum absolute atomic E-state index is 0.0458. The summed E-state index contributed by atoms with van der Waals surface area (Å²) in [4.78, 5) is 23.2. The minimum Gasteiger partial charge on any atom is -0.326 e. The number of benzene rings is 2. The van der Waals surface area contributed by atoms with Crippen LogP contribution in [0.25, 0.3) is 0 Å². The van der Waals surface area contributed by atoms with E-state index in [-0.39, 0.29) is 18.4 Å². The highest BCUT2D eigenvalue weighted by atomic mass is 35.5. The zero-order valence-electron chi connectivity index (χ0n) is 13.4. The predicted molar refractivity (Wildman–Crippen MR) is 97.2 cm³/mol. The van der Waals surface area contributed by atoms with Gasteiger partial charge in [-0.25, -0.2) is 0 Å². The summed E-state index contributed by atoms with van der Waals surface area (Å²) in [7, 11) is 0. The van der Waals surface area contributed by atoms with Crippen molar-refractivity contribution in [2.75, 3.05) is 17.2 Å². The van der Waals surface area contributed by atoms with Crippen molar-refractivity contribution in [2.24, 2.45) is 0 Å². The summed E-state index contributed by atoms with van der Waals surface area (Å²) in [6.45, 7) is 2.49. The molecule has 0 aliphatic rings. The fourth-order valence-corrected chi connectivity index (χ4v) is 2.25. The molecule has 0 aliphatic carbocycles. The van der Waals surface area contributed by atoms with Crippen molar-refractivity contribution in [2.45, 2.75) is 19.9 Å². The van der Waals surface area contributed by atoms with E-state index in [4.69, 9.17) is 11.6 Å². The van der Waals surface area contributed by atoms with Gasteiger partial charge in [-0.15, -0.1) is 0 Å². The van der Waals surface area contributed by atoms with E-state index in [9.17, 15) is 9.59 Å². The maximum Gasteiger partial charge on any atom is 0.238 e. The number of hydrogen-bond donors (Lipinski definition) is 3. The molecule has 0 aromatic heterocycles. The molecule has 5 nitrogen and oxygen atoms in total. The van der Waals surface area contributed by atoms with Gasteiger partial charge in [0.2, 0.25) is 11.8 Å². The molecule has 0 unspecified atom stereocenters. The van der Waals surface area contributed by atoms with Crippen LogP contribution in [0.4, 0.5) is 11.4 Å². The number of anilines is 2. The number of hydrogen-bond acceptors (Lipinski definition) is 3. The fourth-order valence-electron chi connectivity index (χ4n) is 2.04. The second-order valence-corrected chi connectivity index (χ2v) is 5.63. The number of carbonyl (C=O) groups is 2. The number of halogens is 1. The van der Waals surface area contributed by atoms with Crippen molar-refractivity contribution in [3.8, 4) is 0 Å². The molecular formula is C18H20ClN3O2. The highest BCUT2D eigenvalue weighted by Gasteiger charge is 2.04. The molecule has 2 aromatic rings. The molecule has 0 saturated heterocycles. The van der Waals surface area contributed by atoms with Crippen molar-refractivity contribution >= 4 is 34.8 Å². The zero-order valence-corrected chi connectivity index (χ0v) is 14.2. The second kappa shape index (κ2) is 9.05. The molecule has 2 aromatic carbocycles. The van der Waals surface area contributed by atoms with Gasteiger partial charge in [0.25, 0.3) is 0 Å². The van der Waals surface area contributed by atoms with Gasteiger partial charge in [-0.2, -0.15) is 0 Å². The number of rotatable bonds is 7. The van der Waals surface area contributed by atoms with E-state index < -0.39 is 0 Å². The van der Waals surface area contributed by atoms with Crippen LogP contribution in [0.5, 0.6) is 0 Å². The van der Waals surface area contributed by atoms with Crippen LogP contribution in [0, 0.1) is 0 Å². The monoisotopic (exact) mass is 345 g/mol. The van der Waals surface area contributed by atoms with Gasteiger partial charge in [-0.3, -0.25) is 9.59 Å². The highest BCUT2D eigenvalue weighted by molar-refractivity contribution is 6.31. The Labute approximate surface area is 146 Å². The van der Waals surface area contributed by atoms with Gasteiger partial charge in [0.05, 0.1) is 6.54 Å². The molecule has 3 N–H and O–H groups in total. The summed E-state index contributed by atoms with van der Waals surface area (Å²) >= 11 is 6.06. The Kier molecular flexibility index (Phi) is 6.78. The molecule has 0 aliphatic heterocycles. The Balaban J connectivity index is 1.78. The van der Waals surface area contributed by atoms with E-state index in [0.29, 0.717) is 29.4 Å². The van der Waals surface area contributed by atoms with Crippen molar-refractivity contribution in [1.29, 1.82) is 0 Å². The molecule has 0 heterocycles. The standard InChI is InChI=1S/C18H20ClN3O2/c1-2-17(23)21-14-7-9-15(10-8-14)22-18(24)12-20-11-13-5-3-4-6-16(13)19/h3-10,20H,2,11-12H2,1H3,(H,21,23)(H,22,24). The summed E-state index contributed by atoms with van der Waals surface area (Å²) < 4.78 is 0. The molecule has 2 amide bonds. The predicted octanol–water partition coefficient (Wildman–Crippen LogP) is 3.42. The molecule has 6 heteroatoms. The molecule has 0 spiro atoms. The van der Waals surface area contributed by atoms with Crippen molar-refractivity contribution in [3.05, 3.63) is 59.1 Å². The first-order valence-corrected chi connectivity index (χ1v) is 8.10. The quantitative estimate of drug-likeness (QED) is 0.720. The van der Waals surface area contributed by atoms with E-state index >= 15 is 0 Å². The van der Waals surface area contributed by atoms with Crippen LogP contribution in [0.3, 0.4) is 0 Å². The first kappa shape index (κ1) is 18.0. The zero-order chi connectivity index (χ0) is 17.4. The molecular weight excluding hydrogens is 326 g/mol. The number of amides is 2. The Hall–Kier alpha value is -2.37. The molecule has 126 valence electrons. The van der Waals surface area contributed by atoms with Crippen molar-refractivity contribution in [1.82, 2.24) is 5.32 Å². The largest absolute Gasteiger partial charge is 0.326 e. The van der Waals surface area contributed by atoms with Gasteiger partial charge < -0.3 is 16.0 Å². The Morgan fingerprint density at radius 1 is 0.917 bits per heavy atom. The van der Waals surface area contributed by atoms with Crippen LogP contribution in [-0.2, 0) is 16.1 Å². The SMILES string of the molecule is CCC(=O)Nc1ccc(NC(=O)CNCc2ccccc2Cl)cc1. The maximum atomic E-state index is 11.9. The summed E-state index contributed by atoms with van der Waals surface area (Å²) in [6.07, 6.45) is 0.426. The van der Waals surface area contributed by atoms with Crippen LogP contribution in [0.1, 0.15) is 18.9 Å². The first-order chi connectivity index (χ1) is 11.6. The van der Waals surface area contributed by atoms with Gasteiger partial charge in [0, 0.05) is 29.4 Å². The third-order valence-electron chi connectivity index (χ3n) is 3.33. The second-order valence-electron chi connectivity index (χ2n) is 5.22. The van der Waals surface area contributed by atoms with Gasteiger partial charge in [-0.1, -0.05) is 36.7 Å². The van der Waals surface area contributed by atoms with Gasteiger partial charge in [0.1, 0.15) is 0 Å². The first-order valence-electron chi connectivity index (χ1n) is 7.72. The number of nitrogens with one attached hydrogen (secondary N) is 3. The molecule has 0 bridgehead atoms. The highest BCUT2D eigenvalue weighted by Crippen LogP contribution is 2.15. The maximum absolute atomic E-state index is 11.9. The van der Waals surface area contributed by atoms with E-state index in [2.05, 4.69) is 16.0 Å². The Morgan fingerprint density at radius 3 is 2.08 bits per heavy atom. The summed E-state index contributed by atoms with van der Waals surface area (Å²) in [5.74, 6) is -0.192. The van der Waals surface area contributed by atoms with Crippen LogP contribution in [-0.4, -0.2) is 18.4 Å². The lowest BCUT2D eigenvalue weighted by molar-refractivity contribution is -0.116. The lowest BCUT2D eigenvalue weighted by Crippen LogP contribution is -2.27. The Morgan fingerprint density at radius 2 is 1.50 bits per heavy atom. The Bertz CT molecular complexity index is 702. The number of carbonyl (C=O) groups excluding carboxylic acids is 2. The van der Waals surface area contributed by atoms with Crippen molar-refractivity contribution < 1.29 is 9.59 Å². The minimum atomic E-state index is -0.146. The van der Waals surface area contributed by atoms with Crippen LogP contribution < -0.4 is 16.0 Å². The smallest absolute Gasteiger partial charge is 0.238 e. The van der Waals surface area contributed by atoms with E-state index in [0.717, 1.165) is 5.56 Å². The van der Waals surface area contributed by atoms with E-state index in [1.807, 2.05) is 24.3 Å². The normalized spacial score (nSPS) is 10.2. The lowest BCUT2D eigenvalue weighted by atomic mass is 10.2. The summed E-state index contributed by atoms with van der Waals surface area (Å²) in [6, 6.07) is 14.5. The fraction of sp³-hybridized carbons (Fsp3) is 0.222. The van der Waals surface area contributed by atoms with Gasteiger partial charge >= 0.3 is 0 Å².